The molecule has 2 aromatic rings. The number of amides is 1. The number of nitrogens with zero attached hydrogens (tertiary/aromatic N) is 1. The number of hydrogen-bond donors (Lipinski definition) is 1. The molecule has 4 nitrogen and oxygen atoms in total. The summed E-state index contributed by atoms with van der Waals surface area (Å²) >= 11 is 0. The van der Waals surface area contributed by atoms with Crippen molar-refractivity contribution in [2.75, 3.05) is 6.54 Å². The molecule has 1 unspecified atom stereocenters. The second-order valence-corrected chi connectivity index (χ2v) is 6.16. The predicted octanol–water partition coefficient (Wildman–Crippen LogP) is 3.68. The highest BCUT2D eigenvalue weighted by Gasteiger charge is 2.29. The Morgan fingerprint density at radius 2 is 1.75 bits per heavy atom. The van der Waals surface area contributed by atoms with E-state index >= 15 is 0 Å². The Balaban J connectivity index is 1.61. The first-order valence-corrected chi connectivity index (χ1v) is 8.32. The van der Waals surface area contributed by atoms with Gasteiger partial charge in [-0.1, -0.05) is 42.5 Å². The van der Waals surface area contributed by atoms with E-state index in [0.717, 1.165) is 24.9 Å². The minimum absolute atomic E-state index is 0.170. The van der Waals surface area contributed by atoms with Gasteiger partial charge in [-0.05, 0) is 42.5 Å². The van der Waals surface area contributed by atoms with Crippen molar-refractivity contribution in [1.29, 1.82) is 0 Å². The van der Waals surface area contributed by atoms with Crippen LogP contribution in [0.25, 0.3) is 0 Å². The molecule has 0 aromatic heterocycles. The van der Waals surface area contributed by atoms with Crippen molar-refractivity contribution < 1.29 is 14.7 Å². The van der Waals surface area contributed by atoms with Crippen LogP contribution in [0.2, 0.25) is 0 Å². The molecule has 24 heavy (non-hydrogen) atoms. The van der Waals surface area contributed by atoms with Gasteiger partial charge in [0.05, 0.1) is 11.6 Å². The molecule has 1 aliphatic rings. The lowest BCUT2D eigenvalue weighted by Gasteiger charge is -2.25. The molecule has 1 N–H and O–H groups in total. The fourth-order valence-electron chi connectivity index (χ4n) is 3.30. The molecule has 2 aromatic carbocycles. The van der Waals surface area contributed by atoms with Crippen LogP contribution in [0.15, 0.2) is 54.6 Å². The number of carboxylic acids is 1. The number of carbonyl (C=O) groups is 2. The molecule has 1 aliphatic heterocycles. The zero-order valence-corrected chi connectivity index (χ0v) is 13.5. The van der Waals surface area contributed by atoms with Crippen molar-refractivity contribution in [3.63, 3.8) is 0 Å². The van der Waals surface area contributed by atoms with Gasteiger partial charge in [-0.15, -0.1) is 0 Å². The Bertz CT molecular complexity index is 709. The Hall–Kier alpha value is -2.62. The van der Waals surface area contributed by atoms with E-state index in [-0.39, 0.29) is 17.5 Å². The molecule has 0 radical (unpaired) electrons. The Kier molecular flexibility index (Phi) is 4.94. The quantitative estimate of drug-likeness (QED) is 0.913. The molecule has 3 rings (SSSR count). The van der Waals surface area contributed by atoms with E-state index in [4.69, 9.17) is 5.11 Å². The van der Waals surface area contributed by atoms with Crippen molar-refractivity contribution in [1.82, 2.24) is 4.90 Å². The van der Waals surface area contributed by atoms with Crippen LogP contribution in [-0.4, -0.2) is 28.4 Å². The van der Waals surface area contributed by atoms with Gasteiger partial charge < -0.3 is 10.0 Å². The minimum atomic E-state index is -0.930. The van der Waals surface area contributed by atoms with Crippen molar-refractivity contribution >= 4 is 11.9 Å². The summed E-state index contributed by atoms with van der Waals surface area (Å²) in [5, 5.41) is 8.91. The maximum Gasteiger partial charge on any atom is 0.335 e. The molecule has 1 atom stereocenters. The van der Waals surface area contributed by atoms with Gasteiger partial charge in [0.25, 0.3) is 0 Å². The predicted molar refractivity (Wildman–Crippen MR) is 91.9 cm³/mol. The highest BCUT2D eigenvalue weighted by molar-refractivity contribution is 5.87. The second-order valence-electron chi connectivity index (χ2n) is 6.16. The van der Waals surface area contributed by atoms with Crippen LogP contribution >= 0.6 is 0 Å². The molecule has 0 bridgehead atoms. The Morgan fingerprint density at radius 3 is 2.42 bits per heavy atom. The topological polar surface area (TPSA) is 57.6 Å². The van der Waals surface area contributed by atoms with Gasteiger partial charge >= 0.3 is 5.97 Å². The minimum Gasteiger partial charge on any atom is -0.478 e. The normalized spacial score (nSPS) is 17.0. The van der Waals surface area contributed by atoms with E-state index in [1.165, 1.54) is 5.56 Å². The number of carbonyl (C=O) groups excluding carboxylic acids is 1. The molecule has 1 heterocycles. The molecular formula is C20H21NO3. The lowest BCUT2D eigenvalue weighted by Crippen LogP contribution is -2.30. The highest BCUT2D eigenvalue weighted by atomic mass is 16.4. The number of rotatable bonds is 5. The summed E-state index contributed by atoms with van der Waals surface area (Å²) in [6, 6.07) is 17.1. The van der Waals surface area contributed by atoms with Crippen molar-refractivity contribution in [2.45, 2.75) is 31.7 Å². The fraction of sp³-hybridized carbons (Fsp3) is 0.300. The molecule has 0 saturated carbocycles. The van der Waals surface area contributed by atoms with Crippen molar-refractivity contribution in [2.24, 2.45) is 0 Å². The third-order valence-electron chi connectivity index (χ3n) is 4.59. The zero-order chi connectivity index (χ0) is 16.9. The van der Waals surface area contributed by atoms with Gasteiger partial charge in [-0.2, -0.15) is 0 Å². The maximum absolute atomic E-state index is 12.6. The summed E-state index contributed by atoms with van der Waals surface area (Å²) in [6.07, 6.45) is 3.15. The Labute approximate surface area is 141 Å². The maximum atomic E-state index is 12.6. The van der Waals surface area contributed by atoms with E-state index in [1.54, 1.807) is 24.3 Å². The number of benzene rings is 2. The first-order chi connectivity index (χ1) is 11.6. The van der Waals surface area contributed by atoms with E-state index < -0.39 is 5.97 Å². The third-order valence-corrected chi connectivity index (χ3v) is 4.59. The van der Waals surface area contributed by atoms with Crippen LogP contribution in [0.5, 0.6) is 0 Å². The first-order valence-electron chi connectivity index (χ1n) is 8.32. The average molecular weight is 323 g/mol. The summed E-state index contributed by atoms with van der Waals surface area (Å²) in [6.45, 7) is 0.816. The second kappa shape index (κ2) is 7.30. The zero-order valence-electron chi connectivity index (χ0n) is 13.5. The lowest BCUT2D eigenvalue weighted by atomic mass is 10.0. The molecular weight excluding hydrogens is 302 g/mol. The van der Waals surface area contributed by atoms with Gasteiger partial charge in [0.15, 0.2) is 0 Å². The van der Waals surface area contributed by atoms with Crippen LogP contribution in [0, 0.1) is 0 Å². The number of hydrogen-bond acceptors (Lipinski definition) is 2. The van der Waals surface area contributed by atoms with Crippen LogP contribution < -0.4 is 0 Å². The summed E-state index contributed by atoms with van der Waals surface area (Å²) in [5.41, 5.74) is 2.46. The summed E-state index contributed by atoms with van der Waals surface area (Å²) in [5.74, 6) is -0.760. The van der Waals surface area contributed by atoms with Crippen LogP contribution in [0.3, 0.4) is 0 Å². The van der Waals surface area contributed by atoms with E-state index in [0.29, 0.717) is 12.8 Å². The number of aryl methyl sites for hydroxylation is 1. The van der Waals surface area contributed by atoms with Crippen LogP contribution in [-0.2, 0) is 11.2 Å². The third kappa shape index (κ3) is 3.65. The molecule has 4 heteroatoms. The molecule has 1 fully saturated rings. The highest BCUT2D eigenvalue weighted by Crippen LogP contribution is 2.32. The van der Waals surface area contributed by atoms with Gasteiger partial charge in [0, 0.05) is 13.0 Å². The van der Waals surface area contributed by atoms with Crippen LogP contribution in [0.1, 0.15) is 46.8 Å². The lowest BCUT2D eigenvalue weighted by molar-refractivity contribution is -0.132. The van der Waals surface area contributed by atoms with E-state index in [2.05, 4.69) is 12.1 Å². The van der Waals surface area contributed by atoms with Gasteiger partial charge in [-0.25, -0.2) is 4.79 Å². The average Bonchev–Trinajstić information content (AvgIpc) is 3.10. The SMILES string of the molecule is O=C(O)c1ccc(CCC(=O)N2CCCC2c2ccccc2)cc1. The van der Waals surface area contributed by atoms with Gasteiger partial charge in [0.1, 0.15) is 0 Å². The standard InChI is InChI=1S/C20H21NO3/c22-19(13-10-15-8-11-17(12-9-15)20(23)24)21-14-4-7-18(21)16-5-2-1-3-6-16/h1-3,5-6,8-9,11-12,18H,4,7,10,13-14H2,(H,23,24). The largest absolute Gasteiger partial charge is 0.478 e. The number of aromatic carboxylic acids is 1. The molecule has 1 amide bonds. The molecule has 0 spiro atoms. The summed E-state index contributed by atoms with van der Waals surface area (Å²) < 4.78 is 0. The van der Waals surface area contributed by atoms with Gasteiger partial charge in [-0.3, -0.25) is 4.79 Å². The van der Waals surface area contributed by atoms with Crippen molar-refractivity contribution in [3.05, 3.63) is 71.3 Å². The fourth-order valence-corrected chi connectivity index (χ4v) is 3.30. The summed E-state index contributed by atoms with van der Waals surface area (Å²) in [4.78, 5) is 25.5. The molecule has 0 aliphatic carbocycles. The Morgan fingerprint density at radius 1 is 1.04 bits per heavy atom. The molecule has 124 valence electrons. The van der Waals surface area contributed by atoms with E-state index in [1.807, 2.05) is 23.1 Å². The first kappa shape index (κ1) is 16.2. The number of carboxylic acid groups (broad SMARTS) is 1. The summed E-state index contributed by atoms with van der Waals surface area (Å²) in [7, 11) is 0. The monoisotopic (exact) mass is 323 g/mol. The van der Waals surface area contributed by atoms with Gasteiger partial charge in [0.2, 0.25) is 5.91 Å². The number of likely N-dealkylation sites (tertiary alicyclic amines) is 1. The van der Waals surface area contributed by atoms with E-state index in [9.17, 15) is 9.59 Å². The smallest absolute Gasteiger partial charge is 0.335 e. The van der Waals surface area contributed by atoms with Crippen molar-refractivity contribution in [3.8, 4) is 0 Å². The van der Waals surface area contributed by atoms with Crippen LogP contribution in [0.4, 0.5) is 0 Å². The molecule has 1 saturated heterocycles.